The van der Waals surface area contributed by atoms with E-state index in [1.165, 1.54) is 25.0 Å². The van der Waals surface area contributed by atoms with Crippen LogP contribution in [0.1, 0.15) is 43.7 Å². The molecule has 1 aromatic carbocycles. The summed E-state index contributed by atoms with van der Waals surface area (Å²) < 4.78 is 19.5. The molecule has 2 atom stereocenters. The Bertz CT molecular complexity index is 393. The van der Waals surface area contributed by atoms with Crippen LogP contribution < -0.4 is 5.73 Å². The zero-order valence-corrected chi connectivity index (χ0v) is 12.5. The molecule has 1 aliphatic heterocycles. The van der Waals surface area contributed by atoms with Crippen LogP contribution in [0.3, 0.4) is 0 Å². The third kappa shape index (κ3) is 3.90. The molecule has 1 heterocycles. The van der Waals surface area contributed by atoms with Crippen LogP contribution in [0.15, 0.2) is 18.2 Å². The second kappa shape index (κ2) is 6.82. The topological polar surface area (TPSA) is 35.2 Å². The molecular formula is C14H19FINO. The highest BCUT2D eigenvalue weighted by Gasteiger charge is 2.16. The molecule has 4 heteroatoms. The predicted molar refractivity (Wildman–Crippen MR) is 78.9 cm³/mol. The number of rotatable bonds is 5. The van der Waals surface area contributed by atoms with Crippen molar-refractivity contribution in [2.24, 2.45) is 5.73 Å². The van der Waals surface area contributed by atoms with Crippen molar-refractivity contribution in [3.63, 3.8) is 0 Å². The summed E-state index contributed by atoms with van der Waals surface area (Å²) >= 11 is 2.15. The zero-order valence-electron chi connectivity index (χ0n) is 10.4. The average molecular weight is 363 g/mol. The fourth-order valence-electron chi connectivity index (χ4n) is 2.40. The zero-order chi connectivity index (χ0) is 13.0. The first-order valence-corrected chi connectivity index (χ1v) is 7.57. The lowest BCUT2D eigenvalue weighted by atomic mass is 10.00. The van der Waals surface area contributed by atoms with E-state index in [4.69, 9.17) is 10.5 Å². The first kappa shape index (κ1) is 14.2. The normalized spacial score (nSPS) is 21.2. The molecule has 1 fully saturated rings. The second-order valence-corrected chi connectivity index (χ2v) is 6.00. The Balaban J connectivity index is 1.81. The Morgan fingerprint density at radius 2 is 2.33 bits per heavy atom. The van der Waals surface area contributed by atoms with Gasteiger partial charge in [0.25, 0.3) is 0 Å². The smallest absolute Gasteiger partial charge is 0.124 e. The van der Waals surface area contributed by atoms with Crippen LogP contribution in [-0.4, -0.2) is 12.7 Å². The van der Waals surface area contributed by atoms with Gasteiger partial charge in [-0.05, 0) is 72.4 Å². The van der Waals surface area contributed by atoms with Crippen molar-refractivity contribution in [3.05, 3.63) is 33.1 Å². The largest absolute Gasteiger partial charge is 0.378 e. The Morgan fingerprint density at radius 3 is 3.00 bits per heavy atom. The van der Waals surface area contributed by atoms with Crippen molar-refractivity contribution < 1.29 is 9.13 Å². The molecule has 100 valence electrons. The summed E-state index contributed by atoms with van der Waals surface area (Å²) in [5, 5.41) is 0. The molecule has 0 bridgehead atoms. The van der Waals surface area contributed by atoms with Gasteiger partial charge in [0, 0.05) is 16.2 Å². The SMILES string of the molecule is NC(CCCC1CCCO1)c1ccc(F)cc1I. The molecular weight excluding hydrogens is 344 g/mol. The molecule has 18 heavy (non-hydrogen) atoms. The Morgan fingerprint density at radius 1 is 1.50 bits per heavy atom. The fraction of sp³-hybridized carbons (Fsp3) is 0.571. The standard InChI is InChI=1S/C14H19FINO/c15-10-6-7-12(13(16)9-10)14(17)5-1-3-11-4-2-8-18-11/h6-7,9,11,14H,1-5,8,17H2. The lowest BCUT2D eigenvalue weighted by Gasteiger charge is -2.15. The molecule has 2 rings (SSSR count). The molecule has 0 aliphatic carbocycles. The van der Waals surface area contributed by atoms with Crippen molar-refractivity contribution >= 4 is 22.6 Å². The van der Waals surface area contributed by atoms with Gasteiger partial charge < -0.3 is 10.5 Å². The van der Waals surface area contributed by atoms with Crippen molar-refractivity contribution in [2.75, 3.05) is 6.61 Å². The van der Waals surface area contributed by atoms with E-state index >= 15 is 0 Å². The highest BCUT2D eigenvalue weighted by atomic mass is 127. The van der Waals surface area contributed by atoms with Crippen molar-refractivity contribution in [1.82, 2.24) is 0 Å². The van der Waals surface area contributed by atoms with E-state index in [-0.39, 0.29) is 11.9 Å². The van der Waals surface area contributed by atoms with Crippen LogP contribution in [0.4, 0.5) is 4.39 Å². The van der Waals surface area contributed by atoms with Crippen molar-refractivity contribution in [1.29, 1.82) is 0 Å². The number of halogens is 2. The van der Waals surface area contributed by atoms with Gasteiger partial charge >= 0.3 is 0 Å². The van der Waals surface area contributed by atoms with Crippen LogP contribution in [0.5, 0.6) is 0 Å². The van der Waals surface area contributed by atoms with Crippen LogP contribution >= 0.6 is 22.6 Å². The number of hydrogen-bond donors (Lipinski definition) is 1. The van der Waals surface area contributed by atoms with Gasteiger partial charge in [-0.2, -0.15) is 0 Å². The van der Waals surface area contributed by atoms with Crippen LogP contribution in [0, 0.1) is 9.39 Å². The van der Waals surface area contributed by atoms with E-state index in [2.05, 4.69) is 22.6 Å². The molecule has 2 nitrogen and oxygen atoms in total. The summed E-state index contributed by atoms with van der Waals surface area (Å²) in [6, 6.07) is 4.82. The minimum atomic E-state index is -0.199. The summed E-state index contributed by atoms with van der Waals surface area (Å²) in [5.41, 5.74) is 7.21. The van der Waals surface area contributed by atoms with Gasteiger partial charge in [-0.1, -0.05) is 6.07 Å². The first-order valence-electron chi connectivity index (χ1n) is 6.49. The van der Waals surface area contributed by atoms with Gasteiger partial charge in [-0.25, -0.2) is 4.39 Å². The van der Waals surface area contributed by atoms with E-state index in [1.807, 2.05) is 0 Å². The average Bonchev–Trinajstić information content (AvgIpc) is 2.81. The lowest BCUT2D eigenvalue weighted by molar-refractivity contribution is 0.101. The molecule has 0 radical (unpaired) electrons. The molecule has 1 aromatic rings. The van der Waals surface area contributed by atoms with E-state index in [0.29, 0.717) is 6.10 Å². The minimum Gasteiger partial charge on any atom is -0.378 e. The van der Waals surface area contributed by atoms with Crippen LogP contribution in [0.25, 0.3) is 0 Å². The summed E-state index contributed by atoms with van der Waals surface area (Å²) in [4.78, 5) is 0. The number of hydrogen-bond acceptors (Lipinski definition) is 2. The number of benzene rings is 1. The minimum absolute atomic E-state index is 0.00102. The van der Waals surface area contributed by atoms with Gasteiger partial charge in [-0.15, -0.1) is 0 Å². The quantitative estimate of drug-likeness (QED) is 0.809. The summed E-state index contributed by atoms with van der Waals surface area (Å²) in [6.45, 7) is 0.909. The van der Waals surface area contributed by atoms with Gasteiger partial charge in [0.1, 0.15) is 5.82 Å². The van der Waals surface area contributed by atoms with Gasteiger partial charge in [0.05, 0.1) is 6.10 Å². The van der Waals surface area contributed by atoms with E-state index < -0.39 is 0 Å². The molecule has 0 saturated carbocycles. The highest BCUT2D eigenvalue weighted by Crippen LogP contribution is 2.25. The molecule has 2 unspecified atom stereocenters. The maximum Gasteiger partial charge on any atom is 0.124 e. The Hall–Kier alpha value is -0.200. The summed E-state index contributed by atoms with van der Waals surface area (Å²) in [5.74, 6) is -0.199. The monoisotopic (exact) mass is 363 g/mol. The van der Waals surface area contributed by atoms with Crippen LogP contribution in [0.2, 0.25) is 0 Å². The molecule has 2 N–H and O–H groups in total. The van der Waals surface area contributed by atoms with Gasteiger partial charge in [0.15, 0.2) is 0 Å². The molecule has 0 amide bonds. The van der Waals surface area contributed by atoms with Crippen LogP contribution in [-0.2, 0) is 4.74 Å². The number of nitrogens with two attached hydrogens (primary N) is 1. The van der Waals surface area contributed by atoms with E-state index in [9.17, 15) is 4.39 Å². The highest BCUT2D eigenvalue weighted by molar-refractivity contribution is 14.1. The maximum atomic E-state index is 13.0. The van der Waals surface area contributed by atoms with Gasteiger partial charge in [-0.3, -0.25) is 0 Å². The fourth-order valence-corrected chi connectivity index (χ4v) is 3.27. The van der Waals surface area contributed by atoms with E-state index in [1.54, 1.807) is 6.07 Å². The molecule has 1 aliphatic rings. The Kier molecular flexibility index (Phi) is 5.38. The Labute approximate surface area is 121 Å². The third-order valence-corrected chi connectivity index (χ3v) is 4.36. The van der Waals surface area contributed by atoms with Gasteiger partial charge in [0.2, 0.25) is 0 Å². The maximum absolute atomic E-state index is 13.0. The second-order valence-electron chi connectivity index (χ2n) is 4.84. The third-order valence-electron chi connectivity index (χ3n) is 3.43. The molecule has 1 saturated heterocycles. The molecule has 0 aromatic heterocycles. The first-order chi connectivity index (χ1) is 8.66. The summed E-state index contributed by atoms with van der Waals surface area (Å²) in [7, 11) is 0. The van der Waals surface area contributed by atoms with Crippen molar-refractivity contribution in [3.8, 4) is 0 Å². The van der Waals surface area contributed by atoms with E-state index in [0.717, 1.165) is 35.0 Å². The lowest BCUT2D eigenvalue weighted by Crippen LogP contribution is -2.13. The van der Waals surface area contributed by atoms with Crippen molar-refractivity contribution in [2.45, 2.75) is 44.2 Å². The summed E-state index contributed by atoms with van der Waals surface area (Å²) in [6.07, 6.45) is 5.90. The predicted octanol–water partition coefficient (Wildman–Crippen LogP) is 3.78. The molecule has 0 spiro atoms. The number of ether oxygens (including phenoxy) is 1.